The molecule has 32 heavy (non-hydrogen) atoms. The number of unbranched alkanes of at least 4 members (excludes halogenated alkanes) is 1. The average Bonchev–Trinajstić information content (AvgIpc) is 3.25. The summed E-state index contributed by atoms with van der Waals surface area (Å²) in [6, 6.07) is 4.05. The molecule has 2 N–H and O–H groups in total. The highest BCUT2D eigenvalue weighted by atomic mass is 16.3. The van der Waals surface area contributed by atoms with Gasteiger partial charge >= 0.3 is 0 Å². The molecule has 0 amide bonds. The zero-order chi connectivity index (χ0) is 22.3. The summed E-state index contributed by atoms with van der Waals surface area (Å²) in [5.74, 6) is 2.95. The quantitative estimate of drug-likeness (QED) is 0.605. The molecule has 0 spiro atoms. The highest BCUT2D eigenvalue weighted by Gasteiger charge is 2.19. The number of aromatic nitrogens is 2. The van der Waals surface area contributed by atoms with Crippen LogP contribution in [-0.4, -0.2) is 76.5 Å². The van der Waals surface area contributed by atoms with E-state index in [2.05, 4.69) is 40.1 Å². The first-order valence-electron chi connectivity index (χ1n) is 12.0. The minimum atomic E-state index is -0.215. The Morgan fingerprint density at radius 3 is 2.72 bits per heavy atom. The van der Waals surface area contributed by atoms with E-state index in [1.165, 1.54) is 0 Å². The highest BCUT2D eigenvalue weighted by molar-refractivity contribution is 5.89. The molecule has 0 aromatic carbocycles. The van der Waals surface area contributed by atoms with Gasteiger partial charge in [0.05, 0.1) is 18.2 Å². The molecule has 3 heterocycles. The number of piperazine rings is 1. The predicted molar refractivity (Wildman–Crippen MR) is 127 cm³/mol. The minimum absolute atomic E-state index is 0.215. The van der Waals surface area contributed by atoms with E-state index in [1.807, 2.05) is 12.3 Å². The van der Waals surface area contributed by atoms with E-state index < -0.39 is 0 Å². The first kappa shape index (κ1) is 22.9. The van der Waals surface area contributed by atoms with Gasteiger partial charge in [-0.3, -0.25) is 4.90 Å². The van der Waals surface area contributed by atoms with Gasteiger partial charge in [0.25, 0.3) is 0 Å². The molecular weight excluding hydrogens is 404 g/mol. The van der Waals surface area contributed by atoms with Crippen LogP contribution in [0.4, 0.5) is 11.8 Å². The number of anilines is 1. The molecule has 1 saturated carbocycles. The number of nitrogens with one attached hydrogen (secondary N) is 1. The first-order valence-corrected chi connectivity index (χ1v) is 12.0. The van der Waals surface area contributed by atoms with Crippen molar-refractivity contribution in [2.24, 2.45) is 4.99 Å². The van der Waals surface area contributed by atoms with Crippen molar-refractivity contribution in [1.82, 2.24) is 19.8 Å². The van der Waals surface area contributed by atoms with E-state index in [0.29, 0.717) is 11.8 Å². The third kappa shape index (κ3) is 6.15. The van der Waals surface area contributed by atoms with E-state index in [-0.39, 0.29) is 6.10 Å². The maximum atomic E-state index is 9.83. The summed E-state index contributed by atoms with van der Waals surface area (Å²) < 4.78 is 6.22. The number of nitrogens with zero attached hydrogens (tertiary/aromatic N) is 5. The fourth-order valence-corrected chi connectivity index (χ4v) is 4.13. The Kier molecular flexibility index (Phi) is 7.89. The average molecular weight is 441 g/mol. The fourth-order valence-electron chi connectivity index (χ4n) is 4.13. The summed E-state index contributed by atoms with van der Waals surface area (Å²) >= 11 is 0. The molecule has 0 radical (unpaired) electrons. The third-order valence-electron chi connectivity index (χ3n) is 6.28. The van der Waals surface area contributed by atoms with E-state index in [4.69, 9.17) is 14.4 Å². The summed E-state index contributed by atoms with van der Waals surface area (Å²) in [7, 11) is 2.17. The van der Waals surface area contributed by atoms with Crippen LogP contribution in [0.1, 0.15) is 51.2 Å². The van der Waals surface area contributed by atoms with Gasteiger partial charge in [0.2, 0.25) is 5.95 Å². The van der Waals surface area contributed by atoms with Crippen LogP contribution in [0.3, 0.4) is 0 Å². The van der Waals surface area contributed by atoms with Crippen molar-refractivity contribution in [3.8, 4) is 11.3 Å². The van der Waals surface area contributed by atoms with Crippen molar-refractivity contribution in [3.05, 3.63) is 24.1 Å². The monoisotopic (exact) mass is 440 g/mol. The van der Waals surface area contributed by atoms with Crippen LogP contribution in [0.25, 0.3) is 11.3 Å². The standard InChI is InChI=1S/C24H36N6O2/c1-3-4-11-25-24-26-16-21(23(28-24)27-18-5-7-19(31)8-6-18)22-10-9-20(32-22)17-30-14-12-29(2)13-15-30/h9-10,16,19,31H,3-8,11-15,17H2,1-2H3,(H,25,26,28). The molecule has 8 nitrogen and oxygen atoms in total. The smallest absolute Gasteiger partial charge is 0.224 e. The van der Waals surface area contributed by atoms with Gasteiger partial charge in [-0.2, -0.15) is 4.98 Å². The molecule has 0 unspecified atom stereocenters. The SMILES string of the molecule is CCCCNc1ncc(-c2ccc(CN3CCN(C)CC3)o2)c(N=C2CCC(O)CC2)n1. The number of aliphatic hydroxyl groups excluding tert-OH is 1. The molecule has 2 fully saturated rings. The summed E-state index contributed by atoms with van der Waals surface area (Å²) in [4.78, 5) is 18.9. The molecular formula is C24H36N6O2. The molecule has 174 valence electrons. The molecule has 4 rings (SSSR count). The zero-order valence-electron chi connectivity index (χ0n) is 19.4. The predicted octanol–water partition coefficient (Wildman–Crippen LogP) is 3.70. The van der Waals surface area contributed by atoms with Gasteiger partial charge in [-0.25, -0.2) is 9.98 Å². The van der Waals surface area contributed by atoms with Crippen LogP contribution >= 0.6 is 0 Å². The maximum absolute atomic E-state index is 9.83. The first-order chi connectivity index (χ1) is 15.6. The largest absolute Gasteiger partial charge is 0.460 e. The van der Waals surface area contributed by atoms with Crippen LogP contribution in [0, 0.1) is 0 Å². The van der Waals surface area contributed by atoms with E-state index >= 15 is 0 Å². The van der Waals surface area contributed by atoms with Gasteiger partial charge in [-0.05, 0) is 51.3 Å². The number of aliphatic hydroxyl groups is 1. The Balaban J connectivity index is 1.54. The fraction of sp³-hybridized carbons (Fsp3) is 0.625. The van der Waals surface area contributed by atoms with Crippen LogP contribution < -0.4 is 5.32 Å². The lowest BCUT2D eigenvalue weighted by molar-refractivity contribution is 0.140. The van der Waals surface area contributed by atoms with Crippen LogP contribution in [0.15, 0.2) is 27.7 Å². The maximum Gasteiger partial charge on any atom is 0.224 e. The molecule has 2 aromatic heterocycles. The number of likely N-dealkylation sites (N-methyl/N-ethyl adjacent to an activating group) is 1. The molecule has 2 aromatic rings. The zero-order valence-corrected chi connectivity index (χ0v) is 19.4. The van der Waals surface area contributed by atoms with Gasteiger partial charge in [0.15, 0.2) is 5.82 Å². The molecule has 8 heteroatoms. The Hall–Kier alpha value is -2.29. The summed E-state index contributed by atoms with van der Waals surface area (Å²) in [6.45, 7) is 8.10. The number of rotatable bonds is 8. The number of hydrogen-bond acceptors (Lipinski definition) is 8. The van der Waals surface area contributed by atoms with Crippen molar-refractivity contribution in [1.29, 1.82) is 0 Å². The summed E-state index contributed by atoms with van der Waals surface area (Å²) in [6.07, 6.45) is 6.91. The van der Waals surface area contributed by atoms with Crippen molar-refractivity contribution in [3.63, 3.8) is 0 Å². The number of furan rings is 1. The van der Waals surface area contributed by atoms with Crippen molar-refractivity contribution < 1.29 is 9.52 Å². The molecule has 0 bridgehead atoms. The Labute approximate surface area is 190 Å². The minimum Gasteiger partial charge on any atom is -0.460 e. The highest BCUT2D eigenvalue weighted by Crippen LogP contribution is 2.32. The van der Waals surface area contributed by atoms with Crippen LogP contribution in [0.5, 0.6) is 0 Å². The van der Waals surface area contributed by atoms with Gasteiger partial charge < -0.3 is 19.7 Å². The number of hydrogen-bond donors (Lipinski definition) is 2. The summed E-state index contributed by atoms with van der Waals surface area (Å²) in [5.41, 5.74) is 1.90. The molecule has 1 saturated heterocycles. The van der Waals surface area contributed by atoms with Crippen LogP contribution in [-0.2, 0) is 6.54 Å². The topological polar surface area (TPSA) is 90.0 Å². The third-order valence-corrected chi connectivity index (χ3v) is 6.28. The van der Waals surface area contributed by atoms with Crippen molar-refractivity contribution >= 4 is 17.5 Å². The lowest BCUT2D eigenvalue weighted by atomic mass is 9.96. The Morgan fingerprint density at radius 1 is 1.19 bits per heavy atom. The van der Waals surface area contributed by atoms with Gasteiger partial charge in [0, 0.05) is 44.6 Å². The second-order valence-electron chi connectivity index (χ2n) is 8.97. The molecule has 1 aliphatic carbocycles. The molecule has 1 aliphatic heterocycles. The van der Waals surface area contributed by atoms with Crippen molar-refractivity contribution in [2.45, 2.75) is 58.1 Å². The lowest BCUT2D eigenvalue weighted by Crippen LogP contribution is -2.43. The Bertz CT molecular complexity index is 894. The van der Waals surface area contributed by atoms with Crippen molar-refractivity contribution in [2.75, 3.05) is 45.1 Å². The lowest BCUT2D eigenvalue weighted by Gasteiger charge is -2.31. The van der Waals surface area contributed by atoms with Crippen LogP contribution in [0.2, 0.25) is 0 Å². The Morgan fingerprint density at radius 2 is 1.97 bits per heavy atom. The number of aliphatic imine (C=N–C) groups is 1. The normalized spacial score (nSPS) is 20.5. The summed E-state index contributed by atoms with van der Waals surface area (Å²) in [5, 5.41) is 13.1. The second-order valence-corrected chi connectivity index (χ2v) is 8.97. The van der Waals surface area contributed by atoms with Gasteiger partial charge in [-0.15, -0.1) is 0 Å². The van der Waals surface area contributed by atoms with E-state index in [0.717, 1.165) is 101 Å². The van der Waals surface area contributed by atoms with Gasteiger partial charge in [0.1, 0.15) is 11.5 Å². The van der Waals surface area contributed by atoms with E-state index in [9.17, 15) is 5.11 Å². The van der Waals surface area contributed by atoms with Gasteiger partial charge in [-0.1, -0.05) is 13.3 Å². The second kappa shape index (κ2) is 11.0. The van der Waals surface area contributed by atoms with E-state index in [1.54, 1.807) is 0 Å². The molecule has 2 aliphatic rings. The molecule has 0 atom stereocenters.